The molecule has 0 aliphatic carbocycles. The van der Waals surface area contributed by atoms with Gasteiger partial charge in [0.1, 0.15) is 11.2 Å². The van der Waals surface area contributed by atoms with Crippen molar-refractivity contribution in [1.82, 2.24) is 29.8 Å². The van der Waals surface area contributed by atoms with Crippen molar-refractivity contribution in [3.8, 4) is 11.5 Å². The second-order valence-electron chi connectivity index (χ2n) is 7.98. The Bertz CT molecular complexity index is 1220. The first-order valence-electron chi connectivity index (χ1n) is 10.7. The average molecular weight is 435 g/mol. The van der Waals surface area contributed by atoms with Gasteiger partial charge in [0, 0.05) is 19.3 Å². The Morgan fingerprint density at radius 2 is 2.03 bits per heavy atom. The molecular weight excluding hydrogens is 412 g/mol. The Morgan fingerprint density at radius 3 is 2.81 bits per heavy atom. The first kappa shape index (κ1) is 20.4. The molecule has 9 heteroatoms. The number of aromatic nitrogens is 5. The molecule has 2 N–H and O–H groups in total. The SMILES string of the molecule is Fc1ccc(CNc2ncc3nc(-c4ccccn4)n(C[C@H]4CCCNC4)c3n2)cc1F. The molecule has 1 aliphatic rings. The molecule has 1 aromatic carbocycles. The van der Waals surface area contributed by atoms with E-state index in [1.807, 2.05) is 18.2 Å². The molecule has 4 aromatic rings. The summed E-state index contributed by atoms with van der Waals surface area (Å²) >= 11 is 0. The molecule has 0 radical (unpaired) electrons. The maximum absolute atomic E-state index is 13.5. The van der Waals surface area contributed by atoms with Gasteiger partial charge in [-0.1, -0.05) is 12.1 Å². The minimum atomic E-state index is -0.875. The lowest BCUT2D eigenvalue weighted by molar-refractivity contribution is 0.341. The first-order valence-corrected chi connectivity index (χ1v) is 10.7. The number of nitrogens with one attached hydrogen (secondary N) is 2. The molecule has 1 atom stereocenters. The van der Waals surface area contributed by atoms with Gasteiger partial charge in [0.2, 0.25) is 5.95 Å². The van der Waals surface area contributed by atoms with Gasteiger partial charge in [-0.05, 0) is 61.7 Å². The number of imidazole rings is 1. The molecule has 0 amide bonds. The van der Waals surface area contributed by atoms with Crippen molar-refractivity contribution in [3.63, 3.8) is 0 Å². The second-order valence-corrected chi connectivity index (χ2v) is 7.98. The lowest BCUT2D eigenvalue weighted by Gasteiger charge is -2.24. The van der Waals surface area contributed by atoms with Gasteiger partial charge in [-0.15, -0.1) is 0 Å². The fourth-order valence-corrected chi connectivity index (χ4v) is 4.04. The standard InChI is InChI=1S/C23H23F2N7/c24-17-7-6-15(10-18(17)25)12-28-23-29-13-20-22(31-23)32(14-16-4-3-8-26-11-16)21(30-20)19-5-1-2-9-27-19/h1-2,5-7,9-10,13,16,26H,3-4,8,11-12,14H2,(H,28,29,31)/t16-/m0/s1. The normalized spacial score (nSPS) is 16.4. The van der Waals surface area contributed by atoms with Crippen LogP contribution in [0.3, 0.4) is 0 Å². The van der Waals surface area contributed by atoms with Crippen LogP contribution in [0.5, 0.6) is 0 Å². The van der Waals surface area contributed by atoms with Crippen molar-refractivity contribution in [1.29, 1.82) is 0 Å². The Morgan fingerprint density at radius 1 is 1.09 bits per heavy atom. The van der Waals surface area contributed by atoms with Crippen LogP contribution in [0, 0.1) is 17.6 Å². The van der Waals surface area contributed by atoms with Gasteiger partial charge in [0.25, 0.3) is 0 Å². The Hall–Kier alpha value is -3.46. The van der Waals surface area contributed by atoms with Crippen molar-refractivity contribution in [2.24, 2.45) is 5.92 Å². The van der Waals surface area contributed by atoms with E-state index in [4.69, 9.17) is 9.97 Å². The van der Waals surface area contributed by atoms with E-state index in [0.717, 1.165) is 55.7 Å². The summed E-state index contributed by atoms with van der Waals surface area (Å²) in [6.45, 7) is 3.05. The van der Waals surface area contributed by atoms with E-state index in [9.17, 15) is 8.78 Å². The fourth-order valence-electron chi connectivity index (χ4n) is 4.04. The number of anilines is 1. The van der Waals surface area contributed by atoms with Gasteiger partial charge in [0.15, 0.2) is 23.1 Å². The number of halogens is 2. The van der Waals surface area contributed by atoms with Crippen LogP contribution < -0.4 is 10.6 Å². The van der Waals surface area contributed by atoms with Crippen molar-refractivity contribution < 1.29 is 8.78 Å². The van der Waals surface area contributed by atoms with Crippen molar-refractivity contribution >= 4 is 17.1 Å². The number of hydrogen-bond donors (Lipinski definition) is 2. The molecule has 0 unspecified atom stereocenters. The number of benzene rings is 1. The van der Waals surface area contributed by atoms with Crippen LogP contribution in [0.15, 0.2) is 48.8 Å². The zero-order valence-electron chi connectivity index (χ0n) is 17.4. The van der Waals surface area contributed by atoms with Crippen LogP contribution in [0.2, 0.25) is 0 Å². The third-order valence-electron chi connectivity index (χ3n) is 5.66. The highest BCUT2D eigenvalue weighted by Crippen LogP contribution is 2.25. The number of pyridine rings is 1. The maximum Gasteiger partial charge on any atom is 0.225 e. The third-order valence-corrected chi connectivity index (χ3v) is 5.66. The molecule has 1 fully saturated rings. The Labute approximate surface area is 184 Å². The van der Waals surface area contributed by atoms with E-state index >= 15 is 0 Å². The quantitative estimate of drug-likeness (QED) is 0.480. The van der Waals surface area contributed by atoms with E-state index in [0.29, 0.717) is 22.9 Å². The summed E-state index contributed by atoms with van der Waals surface area (Å²) in [6.07, 6.45) is 5.71. The largest absolute Gasteiger partial charge is 0.350 e. The molecule has 0 spiro atoms. The van der Waals surface area contributed by atoms with E-state index in [1.165, 1.54) is 12.1 Å². The minimum Gasteiger partial charge on any atom is -0.350 e. The van der Waals surface area contributed by atoms with Gasteiger partial charge < -0.3 is 15.2 Å². The molecule has 0 saturated carbocycles. The van der Waals surface area contributed by atoms with Gasteiger partial charge in [-0.2, -0.15) is 4.98 Å². The van der Waals surface area contributed by atoms with Crippen LogP contribution in [0.4, 0.5) is 14.7 Å². The highest BCUT2D eigenvalue weighted by molar-refractivity contribution is 5.76. The summed E-state index contributed by atoms with van der Waals surface area (Å²) in [5, 5.41) is 6.56. The highest BCUT2D eigenvalue weighted by Gasteiger charge is 2.21. The van der Waals surface area contributed by atoms with Crippen molar-refractivity contribution in [3.05, 3.63) is 66.0 Å². The third kappa shape index (κ3) is 4.29. The van der Waals surface area contributed by atoms with Gasteiger partial charge >= 0.3 is 0 Å². The van der Waals surface area contributed by atoms with E-state index in [-0.39, 0.29) is 6.54 Å². The molecule has 1 saturated heterocycles. The number of fused-ring (bicyclic) bond motifs is 1. The fraction of sp³-hybridized carbons (Fsp3) is 0.304. The van der Waals surface area contributed by atoms with Crippen LogP contribution in [-0.2, 0) is 13.1 Å². The predicted molar refractivity (Wildman–Crippen MR) is 118 cm³/mol. The summed E-state index contributed by atoms with van der Waals surface area (Å²) < 4.78 is 28.8. The number of rotatable bonds is 6. The summed E-state index contributed by atoms with van der Waals surface area (Å²) in [5.74, 6) is -0.109. The molecule has 0 bridgehead atoms. The molecule has 1 aliphatic heterocycles. The van der Waals surface area contributed by atoms with Crippen LogP contribution >= 0.6 is 0 Å². The number of piperidine rings is 1. The topological polar surface area (TPSA) is 80.5 Å². The van der Waals surface area contributed by atoms with E-state index in [1.54, 1.807) is 12.4 Å². The molecule has 4 heterocycles. The maximum atomic E-state index is 13.5. The van der Waals surface area contributed by atoms with Gasteiger partial charge in [-0.25, -0.2) is 18.7 Å². The smallest absolute Gasteiger partial charge is 0.225 e. The molecule has 7 nitrogen and oxygen atoms in total. The minimum absolute atomic E-state index is 0.274. The summed E-state index contributed by atoms with van der Waals surface area (Å²) in [6, 6.07) is 9.56. The summed E-state index contributed by atoms with van der Waals surface area (Å²) in [5.41, 5.74) is 2.79. The van der Waals surface area contributed by atoms with E-state index in [2.05, 4.69) is 25.2 Å². The highest BCUT2D eigenvalue weighted by atomic mass is 19.2. The molecule has 5 rings (SSSR count). The second kappa shape index (κ2) is 8.96. The van der Waals surface area contributed by atoms with Crippen molar-refractivity contribution in [2.45, 2.75) is 25.9 Å². The average Bonchev–Trinajstić information content (AvgIpc) is 3.19. The number of hydrogen-bond acceptors (Lipinski definition) is 6. The van der Waals surface area contributed by atoms with Gasteiger partial charge in [-0.3, -0.25) is 4.98 Å². The molecule has 3 aromatic heterocycles. The number of nitrogens with zero attached hydrogens (tertiary/aromatic N) is 5. The zero-order chi connectivity index (χ0) is 21.9. The lowest BCUT2D eigenvalue weighted by Crippen LogP contribution is -2.32. The molecule has 164 valence electrons. The van der Waals surface area contributed by atoms with E-state index < -0.39 is 11.6 Å². The monoisotopic (exact) mass is 435 g/mol. The van der Waals surface area contributed by atoms with Crippen LogP contribution in [0.25, 0.3) is 22.7 Å². The van der Waals surface area contributed by atoms with Crippen molar-refractivity contribution in [2.75, 3.05) is 18.4 Å². The van der Waals surface area contributed by atoms with Crippen LogP contribution in [0.1, 0.15) is 18.4 Å². The molecule has 32 heavy (non-hydrogen) atoms. The Balaban J connectivity index is 1.47. The Kier molecular flexibility index (Phi) is 5.72. The summed E-state index contributed by atoms with van der Waals surface area (Å²) in [7, 11) is 0. The predicted octanol–water partition coefficient (Wildman–Crippen LogP) is 3.78. The molecular formula is C23H23F2N7. The lowest BCUT2D eigenvalue weighted by atomic mass is 9.99. The zero-order valence-corrected chi connectivity index (χ0v) is 17.4. The van der Waals surface area contributed by atoms with Gasteiger partial charge in [0.05, 0.1) is 6.20 Å². The van der Waals surface area contributed by atoms with Crippen LogP contribution in [-0.4, -0.2) is 37.6 Å². The summed E-state index contributed by atoms with van der Waals surface area (Å²) in [4.78, 5) is 18.3. The first-order chi connectivity index (χ1) is 15.7.